The maximum absolute atomic E-state index is 12.7. The van der Waals surface area contributed by atoms with Crippen LogP contribution in [0.3, 0.4) is 0 Å². The molecule has 1 N–H and O–H groups in total. The molecule has 4 fully saturated rings. The smallest absolute Gasteiger partial charge is 0.243 e. The Morgan fingerprint density at radius 1 is 1.11 bits per heavy atom. The normalized spacial score (nSPS) is 30.3. The lowest BCUT2D eigenvalue weighted by molar-refractivity contribution is -0.131. The molecular formula is C23H32N2O2S. The summed E-state index contributed by atoms with van der Waals surface area (Å²) in [5, 5.41) is 2.95. The molecule has 1 aromatic rings. The number of thioether (sulfide) groups is 1. The maximum atomic E-state index is 12.7. The highest BCUT2D eigenvalue weighted by molar-refractivity contribution is 8.01. The molecule has 4 nitrogen and oxygen atoms in total. The van der Waals surface area contributed by atoms with E-state index in [2.05, 4.69) is 5.32 Å². The molecule has 0 aliphatic heterocycles. The summed E-state index contributed by atoms with van der Waals surface area (Å²) in [6, 6.07) is 6.00. The number of nitrogens with zero attached hydrogens (tertiary/aromatic N) is 1. The summed E-state index contributed by atoms with van der Waals surface area (Å²) in [6.07, 6.45) is 8.17. The standard InChI is InChI=1S/C23H32N2O2S/c1-15-4-5-16(2)20(6-15)24-21(26)13-25(3)22(27)14-28-23-10-17-7-18(11-23)9-19(8-17)12-23/h4-6,17-19H,7-14H2,1-3H3,(H,24,26). The lowest BCUT2D eigenvalue weighted by Crippen LogP contribution is -2.49. The van der Waals surface area contributed by atoms with Gasteiger partial charge in [0.05, 0.1) is 12.3 Å². The summed E-state index contributed by atoms with van der Waals surface area (Å²) in [7, 11) is 1.74. The molecule has 5 heteroatoms. The van der Waals surface area contributed by atoms with E-state index in [4.69, 9.17) is 0 Å². The Hall–Kier alpha value is -1.49. The van der Waals surface area contributed by atoms with Crippen LogP contribution in [0, 0.1) is 31.6 Å². The fourth-order valence-electron chi connectivity index (χ4n) is 5.90. The van der Waals surface area contributed by atoms with Crippen molar-refractivity contribution >= 4 is 29.3 Å². The van der Waals surface area contributed by atoms with Crippen molar-refractivity contribution in [1.82, 2.24) is 4.90 Å². The monoisotopic (exact) mass is 400 g/mol. The molecule has 0 spiro atoms. The first-order chi connectivity index (χ1) is 13.3. The number of hydrogen-bond donors (Lipinski definition) is 1. The van der Waals surface area contributed by atoms with Crippen LogP contribution in [0.5, 0.6) is 0 Å². The Morgan fingerprint density at radius 2 is 1.71 bits per heavy atom. The quantitative estimate of drug-likeness (QED) is 0.770. The van der Waals surface area contributed by atoms with Gasteiger partial charge in [-0.15, -0.1) is 11.8 Å². The molecule has 4 aliphatic carbocycles. The lowest BCUT2D eigenvalue weighted by Gasteiger charge is -2.56. The molecule has 4 saturated carbocycles. The summed E-state index contributed by atoms with van der Waals surface area (Å²) in [6.45, 7) is 4.09. The van der Waals surface area contributed by atoms with Crippen molar-refractivity contribution < 1.29 is 9.59 Å². The fraction of sp³-hybridized carbons (Fsp3) is 0.652. The highest BCUT2D eigenvalue weighted by atomic mass is 32.2. The van der Waals surface area contributed by atoms with Gasteiger partial charge in [-0.25, -0.2) is 0 Å². The van der Waals surface area contributed by atoms with Gasteiger partial charge in [0.2, 0.25) is 11.8 Å². The largest absolute Gasteiger partial charge is 0.336 e. The van der Waals surface area contributed by atoms with Gasteiger partial charge in [-0.1, -0.05) is 12.1 Å². The predicted octanol–water partition coefficient (Wildman–Crippen LogP) is 4.40. The fourth-order valence-corrected chi connectivity index (χ4v) is 7.61. The van der Waals surface area contributed by atoms with Crippen LogP contribution in [0.4, 0.5) is 5.69 Å². The Bertz CT molecular complexity index is 741. The van der Waals surface area contributed by atoms with Crippen LogP contribution in [0.25, 0.3) is 0 Å². The molecule has 0 heterocycles. The van der Waals surface area contributed by atoms with E-state index < -0.39 is 0 Å². The van der Waals surface area contributed by atoms with E-state index in [0.717, 1.165) is 34.6 Å². The maximum Gasteiger partial charge on any atom is 0.243 e. The summed E-state index contributed by atoms with van der Waals surface area (Å²) in [5.74, 6) is 3.13. The molecule has 2 amide bonds. The van der Waals surface area contributed by atoms with Gasteiger partial charge in [-0.3, -0.25) is 9.59 Å². The summed E-state index contributed by atoms with van der Waals surface area (Å²) < 4.78 is 0.339. The van der Waals surface area contributed by atoms with Crippen LogP contribution < -0.4 is 5.32 Å². The van der Waals surface area contributed by atoms with Gasteiger partial charge in [0.1, 0.15) is 0 Å². The summed E-state index contributed by atoms with van der Waals surface area (Å²) >= 11 is 1.88. The number of amides is 2. The van der Waals surface area contributed by atoms with Crippen molar-refractivity contribution in [3.63, 3.8) is 0 Å². The number of carbonyl (C=O) groups is 2. The third-order valence-electron chi connectivity index (χ3n) is 6.96. The average Bonchev–Trinajstić information content (AvgIpc) is 2.61. The zero-order valence-corrected chi connectivity index (χ0v) is 18.1. The molecular weight excluding hydrogens is 368 g/mol. The van der Waals surface area contributed by atoms with Gasteiger partial charge in [0.25, 0.3) is 0 Å². The average molecular weight is 401 g/mol. The minimum Gasteiger partial charge on any atom is -0.336 e. The first-order valence-electron chi connectivity index (χ1n) is 10.6. The molecule has 0 atom stereocenters. The van der Waals surface area contributed by atoms with E-state index in [1.807, 2.05) is 43.8 Å². The molecule has 152 valence electrons. The number of hydrogen-bond acceptors (Lipinski definition) is 3. The van der Waals surface area contributed by atoms with Crippen LogP contribution in [-0.4, -0.2) is 40.8 Å². The second kappa shape index (κ2) is 7.74. The number of benzene rings is 1. The first-order valence-corrected chi connectivity index (χ1v) is 11.6. The first kappa shape index (κ1) is 19.8. The Balaban J connectivity index is 1.28. The third-order valence-corrected chi connectivity index (χ3v) is 8.46. The minimum absolute atomic E-state index is 0.0665. The van der Waals surface area contributed by atoms with Crippen molar-refractivity contribution in [3.05, 3.63) is 29.3 Å². The Labute approximate surface area is 172 Å². The summed E-state index contributed by atoms with van der Waals surface area (Å²) in [5.41, 5.74) is 2.97. The third kappa shape index (κ3) is 4.24. The second-order valence-electron chi connectivity index (χ2n) is 9.51. The zero-order chi connectivity index (χ0) is 19.9. The molecule has 0 radical (unpaired) electrons. The minimum atomic E-state index is -0.135. The molecule has 0 unspecified atom stereocenters. The van der Waals surface area contributed by atoms with Crippen molar-refractivity contribution in [2.75, 3.05) is 24.7 Å². The molecule has 4 bridgehead atoms. The molecule has 0 saturated heterocycles. The molecule has 1 aromatic carbocycles. The van der Waals surface area contributed by atoms with Gasteiger partial charge in [-0.05, 0) is 87.3 Å². The van der Waals surface area contributed by atoms with Crippen molar-refractivity contribution in [1.29, 1.82) is 0 Å². The SMILES string of the molecule is Cc1ccc(C)c(NC(=O)CN(C)C(=O)CSC23CC4CC(CC(C4)C2)C3)c1. The summed E-state index contributed by atoms with van der Waals surface area (Å²) in [4.78, 5) is 26.7. The van der Waals surface area contributed by atoms with Gasteiger partial charge in [0.15, 0.2) is 0 Å². The van der Waals surface area contributed by atoms with Gasteiger partial charge in [0, 0.05) is 17.5 Å². The molecule has 0 aromatic heterocycles. The van der Waals surface area contributed by atoms with Crippen LogP contribution in [0.2, 0.25) is 0 Å². The number of anilines is 1. The highest BCUT2D eigenvalue weighted by Crippen LogP contribution is 2.60. The number of nitrogens with one attached hydrogen (secondary N) is 1. The van der Waals surface area contributed by atoms with E-state index in [-0.39, 0.29) is 18.4 Å². The van der Waals surface area contributed by atoms with Gasteiger partial charge in [-0.2, -0.15) is 0 Å². The van der Waals surface area contributed by atoms with E-state index in [1.165, 1.54) is 38.5 Å². The van der Waals surface area contributed by atoms with E-state index in [9.17, 15) is 9.59 Å². The number of aryl methyl sites for hydroxylation is 2. The van der Waals surface area contributed by atoms with E-state index in [1.54, 1.807) is 11.9 Å². The van der Waals surface area contributed by atoms with Crippen LogP contribution >= 0.6 is 11.8 Å². The number of rotatable bonds is 6. The molecule has 5 rings (SSSR count). The van der Waals surface area contributed by atoms with Crippen LogP contribution in [0.15, 0.2) is 18.2 Å². The van der Waals surface area contributed by atoms with Crippen molar-refractivity contribution in [2.45, 2.75) is 57.1 Å². The topological polar surface area (TPSA) is 49.4 Å². The van der Waals surface area contributed by atoms with E-state index >= 15 is 0 Å². The van der Waals surface area contributed by atoms with E-state index in [0.29, 0.717) is 10.5 Å². The number of carbonyl (C=O) groups excluding carboxylic acids is 2. The van der Waals surface area contributed by atoms with Crippen molar-refractivity contribution in [3.8, 4) is 0 Å². The highest BCUT2D eigenvalue weighted by Gasteiger charge is 2.51. The van der Waals surface area contributed by atoms with Gasteiger partial charge >= 0.3 is 0 Å². The second-order valence-corrected chi connectivity index (χ2v) is 10.9. The molecule has 28 heavy (non-hydrogen) atoms. The van der Waals surface area contributed by atoms with Crippen LogP contribution in [-0.2, 0) is 9.59 Å². The molecule has 4 aliphatic rings. The Morgan fingerprint density at radius 3 is 2.32 bits per heavy atom. The number of likely N-dealkylation sites (N-methyl/N-ethyl adjacent to an activating group) is 1. The predicted molar refractivity (Wildman–Crippen MR) is 116 cm³/mol. The Kier molecular flexibility index (Phi) is 5.47. The van der Waals surface area contributed by atoms with Gasteiger partial charge < -0.3 is 10.2 Å². The lowest BCUT2D eigenvalue weighted by atomic mass is 9.56. The van der Waals surface area contributed by atoms with Crippen molar-refractivity contribution in [2.24, 2.45) is 17.8 Å². The zero-order valence-electron chi connectivity index (χ0n) is 17.3. The van der Waals surface area contributed by atoms with Crippen LogP contribution in [0.1, 0.15) is 49.7 Å².